The molecule has 0 spiro atoms. The standard InChI is InChI=1S/C14H13ClO4/c1-19-12-9-10(5-6-13(16)17)8-11(14(12)18)4-2-3-7-15/h5-6,8-9,18H,3,7H2,1H3,(H,16,17). The number of hydrogen-bond donors (Lipinski definition) is 2. The van der Waals surface area contributed by atoms with Gasteiger partial charge in [0.25, 0.3) is 0 Å². The van der Waals surface area contributed by atoms with E-state index < -0.39 is 5.97 Å². The average molecular weight is 281 g/mol. The second-order valence-corrected chi connectivity index (χ2v) is 3.91. The minimum atomic E-state index is -1.05. The smallest absolute Gasteiger partial charge is 0.328 e. The van der Waals surface area contributed by atoms with Gasteiger partial charge in [-0.1, -0.05) is 11.8 Å². The van der Waals surface area contributed by atoms with Crippen LogP contribution in [-0.4, -0.2) is 29.2 Å². The molecule has 0 unspecified atom stereocenters. The third kappa shape index (κ3) is 4.57. The van der Waals surface area contributed by atoms with Crippen LogP contribution in [0.3, 0.4) is 0 Å². The summed E-state index contributed by atoms with van der Waals surface area (Å²) in [6, 6.07) is 3.11. The number of phenolic OH excluding ortho intramolecular Hbond substituents is 1. The first-order chi connectivity index (χ1) is 9.08. The van der Waals surface area contributed by atoms with Gasteiger partial charge in [0, 0.05) is 18.4 Å². The van der Waals surface area contributed by atoms with E-state index in [1.807, 2.05) is 0 Å². The van der Waals surface area contributed by atoms with E-state index in [1.54, 1.807) is 6.07 Å². The van der Waals surface area contributed by atoms with Crippen molar-refractivity contribution < 1.29 is 19.7 Å². The molecule has 19 heavy (non-hydrogen) atoms. The fraction of sp³-hybridized carbons (Fsp3) is 0.214. The largest absolute Gasteiger partial charge is 0.503 e. The highest BCUT2D eigenvalue weighted by molar-refractivity contribution is 6.18. The number of halogens is 1. The molecule has 0 atom stereocenters. The van der Waals surface area contributed by atoms with E-state index in [0.29, 0.717) is 23.4 Å². The molecule has 0 fully saturated rings. The van der Waals surface area contributed by atoms with Crippen LogP contribution in [-0.2, 0) is 4.79 Å². The molecule has 0 saturated heterocycles. The Balaban J connectivity index is 3.19. The van der Waals surface area contributed by atoms with Crippen molar-refractivity contribution in [2.24, 2.45) is 0 Å². The number of benzene rings is 1. The van der Waals surface area contributed by atoms with Crippen molar-refractivity contribution in [2.75, 3.05) is 13.0 Å². The van der Waals surface area contributed by atoms with E-state index in [1.165, 1.54) is 19.3 Å². The molecule has 0 aliphatic rings. The zero-order valence-corrected chi connectivity index (χ0v) is 11.1. The van der Waals surface area contributed by atoms with Gasteiger partial charge in [-0.05, 0) is 23.8 Å². The lowest BCUT2D eigenvalue weighted by Crippen LogP contribution is -1.90. The Hall–Kier alpha value is -2.12. The van der Waals surface area contributed by atoms with Crippen molar-refractivity contribution in [1.82, 2.24) is 0 Å². The quantitative estimate of drug-likeness (QED) is 0.505. The Kier molecular flexibility index (Phi) is 5.77. The summed E-state index contributed by atoms with van der Waals surface area (Å²) in [5.41, 5.74) is 0.946. The molecule has 5 heteroatoms. The lowest BCUT2D eigenvalue weighted by molar-refractivity contribution is -0.131. The summed E-state index contributed by atoms with van der Waals surface area (Å²) >= 11 is 5.52. The van der Waals surface area contributed by atoms with E-state index in [-0.39, 0.29) is 11.5 Å². The number of methoxy groups -OCH3 is 1. The maximum Gasteiger partial charge on any atom is 0.328 e. The number of hydrogen-bond acceptors (Lipinski definition) is 3. The Morgan fingerprint density at radius 3 is 2.84 bits per heavy atom. The SMILES string of the molecule is COc1cc(C=CC(=O)O)cc(C#CCCCl)c1O. The van der Waals surface area contributed by atoms with E-state index in [4.69, 9.17) is 21.4 Å². The fourth-order valence-electron chi connectivity index (χ4n) is 1.35. The maximum absolute atomic E-state index is 10.5. The predicted molar refractivity (Wildman–Crippen MR) is 73.5 cm³/mol. The fourth-order valence-corrected chi connectivity index (χ4v) is 1.44. The molecular weight excluding hydrogens is 268 g/mol. The number of carbonyl (C=O) groups is 1. The molecule has 0 saturated carbocycles. The lowest BCUT2D eigenvalue weighted by Gasteiger charge is -2.06. The van der Waals surface area contributed by atoms with Gasteiger partial charge in [0.15, 0.2) is 11.5 Å². The number of carboxylic acid groups (broad SMARTS) is 1. The molecule has 0 amide bonds. The highest BCUT2D eigenvalue weighted by atomic mass is 35.5. The van der Waals surface area contributed by atoms with Gasteiger partial charge in [-0.3, -0.25) is 0 Å². The summed E-state index contributed by atoms with van der Waals surface area (Å²) in [5.74, 6) is 5.09. The van der Waals surface area contributed by atoms with Crippen molar-refractivity contribution in [2.45, 2.75) is 6.42 Å². The summed E-state index contributed by atoms with van der Waals surface area (Å²) in [6.07, 6.45) is 2.90. The number of aromatic hydroxyl groups is 1. The van der Waals surface area contributed by atoms with Crippen LogP contribution in [0.2, 0.25) is 0 Å². The maximum atomic E-state index is 10.5. The van der Waals surface area contributed by atoms with Gasteiger partial charge in [-0.15, -0.1) is 11.6 Å². The van der Waals surface area contributed by atoms with Crippen LogP contribution in [0.5, 0.6) is 11.5 Å². The minimum Gasteiger partial charge on any atom is -0.503 e. The lowest BCUT2D eigenvalue weighted by atomic mass is 10.1. The van der Waals surface area contributed by atoms with Crippen LogP contribution in [0, 0.1) is 11.8 Å². The first-order valence-electron chi connectivity index (χ1n) is 5.45. The van der Waals surface area contributed by atoms with Crippen molar-refractivity contribution in [3.8, 4) is 23.3 Å². The molecule has 2 N–H and O–H groups in total. The van der Waals surface area contributed by atoms with Crippen molar-refractivity contribution in [3.05, 3.63) is 29.3 Å². The molecule has 0 aliphatic carbocycles. The molecule has 1 aromatic carbocycles. The molecule has 0 aliphatic heterocycles. The molecule has 1 aromatic rings. The number of ether oxygens (including phenoxy) is 1. The van der Waals surface area contributed by atoms with Crippen molar-refractivity contribution in [3.63, 3.8) is 0 Å². The van der Waals surface area contributed by atoms with Crippen LogP contribution >= 0.6 is 11.6 Å². The van der Waals surface area contributed by atoms with Crippen LogP contribution < -0.4 is 4.74 Å². The Morgan fingerprint density at radius 1 is 1.53 bits per heavy atom. The molecule has 100 valence electrons. The number of aliphatic carboxylic acids is 1. The number of carboxylic acids is 1. The number of phenols is 1. The third-order valence-electron chi connectivity index (χ3n) is 2.18. The van der Waals surface area contributed by atoms with Crippen molar-refractivity contribution >= 4 is 23.6 Å². The predicted octanol–water partition coefficient (Wildman–Crippen LogP) is 2.48. The second-order valence-electron chi connectivity index (χ2n) is 3.53. The van der Waals surface area contributed by atoms with Crippen LogP contribution in [0.15, 0.2) is 18.2 Å². The minimum absolute atomic E-state index is 0.0722. The number of rotatable bonds is 4. The van der Waals surface area contributed by atoms with Gasteiger partial charge < -0.3 is 14.9 Å². The average Bonchev–Trinajstić information content (AvgIpc) is 2.39. The molecule has 0 aromatic heterocycles. The first kappa shape index (κ1) is 14.9. The van der Waals surface area contributed by atoms with Gasteiger partial charge in [-0.25, -0.2) is 4.79 Å². The van der Waals surface area contributed by atoms with Crippen LogP contribution in [0.25, 0.3) is 6.08 Å². The summed E-state index contributed by atoms with van der Waals surface area (Å²) in [7, 11) is 1.41. The molecule has 0 bridgehead atoms. The van der Waals surface area contributed by atoms with E-state index in [9.17, 15) is 9.90 Å². The van der Waals surface area contributed by atoms with Gasteiger partial charge in [0.05, 0.1) is 12.7 Å². The van der Waals surface area contributed by atoms with Gasteiger partial charge in [-0.2, -0.15) is 0 Å². The van der Waals surface area contributed by atoms with Gasteiger partial charge >= 0.3 is 5.97 Å². The van der Waals surface area contributed by atoms with Gasteiger partial charge in [0.1, 0.15) is 0 Å². The van der Waals surface area contributed by atoms with Crippen LogP contribution in [0.1, 0.15) is 17.5 Å². The van der Waals surface area contributed by atoms with Gasteiger partial charge in [0.2, 0.25) is 0 Å². The highest BCUT2D eigenvalue weighted by Crippen LogP contribution is 2.31. The van der Waals surface area contributed by atoms with E-state index in [0.717, 1.165) is 6.08 Å². The molecule has 0 heterocycles. The van der Waals surface area contributed by atoms with E-state index >= 15 is 0 Å². The first-order valence-corrected chi connectivity index (χ1v) is 5.98. The third-order valence-corrected chi connectivity index (χ3v) is 2.37. The normalized spacial score (nSPS) is 10.0. The number of alkyl halides is 1. The molecule has 0 radical (unpaired) electrons. The Bertz CT molecular complexity index is 553. The summed E-state index contributed by atoms with van der Waals surface area (Å²) < 4.78 is 5.01. The van der Waals surface area contributed by atoms with Crippen LogP contribution in [0.4, 0.5) is 0 Å². The summed E-state index contributed by atoms with van der Waals surface area (Å²) in [6.45, 7) is 0. The Morgan fingerprint density at radius 2 is 2.26 bits per heavy atom. The molecular formula is C14H13ClO4. The zero-order chi connectivity index (χ0) is 14.3. The summed E-state index contributed by atoms with van der Waals surface area (Å²) in [5, 5.41) is 18.5. The summed E-state index contributed by atoms with van der Waals surface area (Å²) in [4.78, 5) is 10.5. The topological polar surface area (TPSA) is 66.8 Å². The second kappa shape index (κ2) is 7.34. The Labute approximate surface area is 116 Å². The molecule has 1 rings (SSSR count). The molecule has 4 nitrogen and oxygen atoms in total. The zero-order valence-electron chi connectivity index (χ0n) is 10.3. The van der Waals surface area contributed by atoms with E-state index in [2.05, 4.69) is 11.8 Å². The monoisotopic (exact) mass is 280 g/mol. The van der Waals surface area contributed by atoms with Crippen molar-refractivity contribution in [1.29, 1.82) is 0 Å². The highest BCUT2D eigenvalue weighted by Gasteiger charge is 2.08.